The standard InChI is InChI=1S/C12H18N2O4S/c1-12(2,3)14-19(17,18)10-7-8(11(15)16)5-6-9(10)13-4/h5-7,13-14H,1-4H3,(H,15,16). The molecule has 106 valence electrons. The molecule has 0 saturated carbocycles. The van der Waals surface area contributed by atoms with Crippen molar-refractivity contribution in [1.29, 1.82) is 0 Å². The maximum Gasteiger partial charge on any atom is 0.335 e. The zero-order chi connectivity index (χ0) is 14.8. The molecule has 1 rings (SSSR count). The SMILES string of the molecule is CNc1ccc(C(=O)O)cc1S(=O)(=O)NC(C)(C)C. The molecule has 6 nitrogen and oxygen atoms in total. The van der Waals surface area contributed by atoms with E-state index in [1.54, 1.807) is 27.8 Å². The van der Waals surface area contributed by atoms with Crippen LogP contribution in [0.1, 0.15) is 31.1 Å². The number of rotatable bonds is 4. The highest BCUT2D eigenvalue weighted by Gasteiger charge is 2.25. The van der Waals surface area contributed by atoms with Gasteiger partial charge in [0.1, 0.15) is 4.90 Å². The second-order valence-corrected chi connectivity index (χ2v) is 6.77. The Morgan fingerprint density at radius 2 is 1.84 bits per heavy atom. The number of carboxylic acids is 1. The number of benzene rings is 1. The van der Waals surface area contributed by atoms with Gasteiger partial charge in [0.05, 0.1) is 11.3 Å². The van der Waals surface area contributed by atoms with Crippen LogP contribution in [0.25, 0.3) is 0 Å². The van der Waals surface area contributed by atoms with Gasteiger partial charge in [-0.05, 0) is 39.0 Å². The third kappa shape index (κ3) is 3.93. The van der Waals surface area contributed by atoms with Crippen LogP contribution in [-0.4, -0.2) is 32.1 Å². The molecule has 0 saturated heterocycles. The summed E-state index contributed by atoms with van der Waals surface area (Å²) >= 11 is 0. The lowest BCUT2D eigenvalue weighted by molar-refractivity contribution is 0.0696. The molecule has 0 spiro atoms. The fourth-order valence-electron chi connectivity index (χ4n) is 1.54. The minimum atomic E-state index is -3.79. The van der Waals surface area contributed by atoms with Gasteiger partial charge in [-0.25, -0.2) is 17.9 Å². The van der Waals surface area contributed by atoms with Crippen molar-refractivity contribution in [1.82, 2.24) is 4.72 Å². The van der Waals surface area contributed by atoms with Gasteiger partial charge >= 0.3 is 5.97 Å². The molecule has 0 atom stereocenters. The van der Waals surface area contributed by atoms with Crippen LogP contribution >= 0.6 is 0 Å². The number of hydrogen-bond acceptors (Lipinski definition) is 4. The van der Waals surface area contributed by atoms with Gasteiger partial charge in [-0.2, -0.15) is 0 Å². The first-order valence-electron chi connectivity index (χ1n) is 5.66. The van der Waals surface area contributed by atoms with E-state index >= 15 is 0 Å². The zero-order valence-electron chi connectivity index (χ0n) is 11.3. The smallest absolute Gasteiger partial charge is 0.335 e. The Morgan fingerprint density at radius 3 is 2.26 bits per heavy atom. The van der Waals surface area contributed by atoms with E-state index in [0.29, 0.717) is 5.69 Å². The molecule has 0 amide bonds. The van der Waals surface area contributed by atoms with Crippen LogP contribution in [0.3, 0.4) is 0 Å². The summed E-state index contributed by atoms with van der Waals surface area (Å²) in [4.78, 5) is 10.9. The summed E-state index contributed by atoms with van der Waals surface area (Å²) in [6.07, 6.45) is 0. The maximum absolute atomic E-state index is 12.3. The molecular weight excluding hydrogens is 268 g/mol. The van der Waals surface area contributed by atoms with Crippen molar-refractivity contribution < 1.29 is 18.3 Å². The second-order valence-electron chi connectivity index (χ2n) is 5.12. The summed E-state index contributed by atoms with van der Waals surface area (Å²) in [5, 5.41) is 11.7. The molecule has 0 aliphatic carbocycles. The van der Waals surface area contributed by atoms with Gasteiger partial charge in [0.2, 0.25) is 10.0 Å². The van der Waals surface area contributed by atoms with E-state index in [1.165, 1.54) is 12.1 Å². The summed E-state index contributed by atoms with van der Waals surface area (Å²) in [5.41, 5.74) is -0.377. The Hall–Kier alpha value is -1.60. The van der Waals surface area contributed by atoms with Crippen molar-refractivity contribution in [3.8, 4) is 0 Å². The van der Waals surface area contributed by atoms with Gasteiger partial charge in [0, 0.05) is 12.6 Å². The van der Waals surface area contributed by atoms with Crippen molar-refractivity contribution in [2.75, 3.05) is 12.4 Å². The normalized spacial score (nSPS) is 12.2. The third-order valence-electron chi connectivity index (χ3n) is 2.23. The fraction of sp³-hybridized carbons (Fsp3) is 0.417. The summed E-state index contributed by atoms with van der Waals surface area (Å²) in [7, 11) is -2.22. The monoisotopic (exact) mass is 286 g/mol. The van der Waals surface area contributed by atoms with E-state index in [0.717, 1.165) is 6.07 Å². The predicted octanol–water partition coefficient (Wildman–Crippen LogP) is 1.50. The molecule has 0 bridgehead atoms. The lowest BCUT2D eigenvalue weighted by Gasteiger charge is -2.21. The van der Waals surface area contributed by atoms with Crippen molar-refractivity contribution in [2.24, 2.45) is 0 Å². The van der Waals surface area contributed by atoms with Crippen LogP contribution < -0.4 is 10.0 Å². The first-order chi connectivity index (χ1) is 8.57. The number of anilines is 1. The Kier molecular flexibility index (Phi) is 4.21. The summed E-state index contributed by atoms with van der Waals surface area (Å²) < 4.78 is 27.0. The van der Waals surface area contributed by atoms with Crippen LogP contribution in [0, 0.1) is 0 Å². The van der Waals surface area contributed by atoms with Gasteiger partial charge in [-0.15, -0.1) is 0 Å². The van der Waals surface area contributed by atoms with Crippen molar-refractivity contribution in [2.45, 2.75) is 31.2 Å². The van der Waals surface area contributed by atoms with Gasteiger partial charge in [-0.1, -0.05) is 0 Å². The molecule has 1 aromatic rings. The van der Waals surface area contributed by atoms with Gasteiger partial charge in [-0.3, -0.25) is 0 Å². The Morgan fingerprint density at radius 1 is 1.26 bits per heavy atom. The largest absolute Gasteiger partial charge is 0.478 e. The third-order valence-corrected chi connectivity index (χ3v) is 4.03. The fourth-order valence-corrected chi connectivity index (χ4v) is 3.20. The molecule has 19 heavy (non-hydrogen) atoms. The minimum absolute atomic E-state index is 0.0757. The molecule has 7 heteroatoms. The number of nitrogens with one attached hydrogen (secondary N) is 2. The van der Waals surface area contributed by atoms with E-state index in [9.17, 15) is 13.2 Å². The second kappa shape index (κ2) is 5.18. The van der Waals surface area contributed by atoms with Gasteiger partial charge in [0.25, 0.3) is 0 Å². The molecule has 0 heterocycles. The summed E-state index contributed by atoms with van der Waals surface area (Å²) in [6.45, 7) is 5.14. The first-order valence-corrected chi connectivity index (χ1v) is 7.14. The number of sulfonamides is 1. The van der Waals surface area contributed by atoms with Gasteiger partial charge in [0.15, 0.2) is 0 Å². The van der Waals surface area contributed by atoms with Crippen molar-refractivity contribution in [3.63, 3.8) is 0 Å². The average Bonchev–Trinajstić information content (AvgIpc) is 2.24. The highest BCUT2D eigenvalue weighted by Crippen LogP contribution is 2.23. The van der Waals surface area contributed by atoms with Crippen LogP contribution in [0.15, 0.2) is 23.1 Å². The van der Waals surface area contributed by atoms with E-state index in [4.69, 9.17) is 5.11 Å². The Labute approximate surface area is 112 Å². The topological polar surface area (TPSA) is 95.5 Å². The minimum Gasteiger partial charge on any atom is -0.478 e. The van der Waals surface area contributed by atoms with E-state index in [-0.39, 0.29) is 10.5 Å². The van der Waals surface area contributed by atoms with Crippen LogP contribution in [0.2, 0.25) is 0 Å². The highest BCUT2D eigenvalue weighted by atomic mass is 32.2. The quantitative estimate of drug-likeness (QED) is 0.779. The molecule has 0 aliphatic rings. The number of hydrogen-bond donors (Lipinski definition) is 3. The van der Waals surface area contributed by atoms with Crippen LogP contribution in [-0.2, 0) is 10.0 Å². The van der Waals surface area contributed by atoms with Crippen LogP contribution in [0.4, 0.5) is 5.69 Å². The van der Waals surface area contributed by atoms with Crippen LogP contribution in [0.5, 0.6) is 0 Å². The number of carbonyl (C=O) groups is 1. The zero-order valence-corrected chi connectivity index (χ0v) is 12.1. The van der Waals surface area contributed by atoms with Gasteiger partial charge < -0.3 is 10.4 Å². The lowest BCUT2D eigenvalue weighted by Crippen LogP contribution is -2.40. The molecule has 0 aliphatic heterocycles. The van der Waals surface area contributed by atoms with Crippen molar-refractivity contribution in [3.05, 3.63) is 23.8 Å². The highest BCUT2D eigenvalue weighted by molar-refractivity contribution is 7.89. The van der Waals surface area contributed by atoms with E-state index in [2.05, 4.69) is 10.0 Å². The molecular formula is C12H18N2O4S. The number of aromatic carboxylic acids is 1. The molecule has 0 radical (unpaired) electrons. The molecule has 0 fully saturated rings. The molecule has 1 aromatic carbocycles. The summed E-state index contributed by atoms with van der Waals surface area (Å²) in [6, 6.07) is 3.92. The lowest BCUT2D eigenvalue weighted by atomic mass is 10.1. The predicted molar refractivity (Wildman–Crippen MR) is 73.0 cm³/mol. The summed E-state index contributed by atoms with van der Waals surface area (Å²) in [5.74, 6) is -1.17. The molecule has 0 aromatic heterocycles. The first kappa shape index (κ1) is 15.5. The maximum atomic E-state index is 12.3. The molecule has 3 N–H and O–H groups in total. The molecule has 0 unspecified atom stereocenters. The Bertz CT molecular complexity index is 588. The van der Waals surface area contributed by atoms with E-state index < -0.39 is 21.5 Å². The average molecular weight is 286 g/mol. The van der Waals surface area contributed by atoms with E-state index in [1.807, 2.05) is 0 Å². The Balaban J connectivity index is 3.39. The van der Waals surface area contributed by atoms with Crippen molar-refractivity contribution >= 4 is 21.7 Å². The number of carboxylic acid groups (broad SMARTS) is 1.